The van der Waals surface area contributed by atoms with Crippen LogP contribution in [0.15, 0.2) is 0 Å². The third-order valence-electron chi connectivity index (χ3n) is 3.52. The zero-order valence-electron chi connectivity index (χ0n) is 15.6. The molecule has 2 atom stereocenters. The Morgan fingerprint density at radius 3 is 1.28 bits per heavy atom. The SMILES string of the molecule is C.C.C.C.C.COC(CCCBr)CC(C)=O.COC(CCCCCBr)CC(C)=O. The standard InChI is InChI=1S/C10H19BrO2.C8H15BrO2.5CH4/c1-9(12)8-10(13-2)6-4-3-5-7-11;1-7(10)6-8(11-2)4-3-5-9;;;;;/h10H,3-8H2,1-2H3;8H,3-6H2,1-2H3;5*1H4. The van der Waals surface area contributed by atoms with Crippen molar-refractivity contribution in [1.29, 1.82) is 0 Å². The van der Waals surface area contributed by atoms with Crippen molar-refractivity contribution in [2.24, 2.45) is 0 Å². The summed E-state index contributed by atoms with van der Waals surface area (Å²) >= 11 is 6.72. The maximum Gasteiger partial charge on any atom is 0.132 e. The average Bonchev–Trinajstić information content (AvgIpc) is 2.54. The second-order valence-electron chi connectivity index (χ2n) is 5.90. The van der Waals surface area contributed by atoms with Crippen LogP contribution in [0.3, 0.4) is 0 Å². The number of ketones is 2. The first-order chi connectivity index (χ1) is 11.4. The minimum absolute atomic E-state index is 0. The number of carbonyl (C=O) groups is 2. The number of alkyl halides is 2. The molecule has 0 saturated carbocycles. The lowest BCUT2D eigenvalue weighted by Gasteiger charge is -2.12. The molecule has 0 radical (unpaired) electrons. The van der Waals surface area contributed by atoms with E-state index in [-0.39, 0.29) is 60.9 Å². The lowest BCUT2D eigenvalue weighted by molar-refractivity contribution is -0.120. The van der Waals surface area contributed by atoms with Crippen LogP contribution in [0.25, 0.3) is 0 Å². The van der Waals surface area contributed by atoms with E-state index in [4.69, 9.17) is 9.47 Å². The van der Waals surface area contributed by atoms with Gasteiger partial charge in [-0.2, -0.15) is 0 Å². The number of Topliss-reactive ketones (excluding diaryl/α,β-unsaturated/α-hetero) is 2. The van der Waals surface area contributed by atoms with Crippen LogP contribution in [0, 0.1) is 0 Å². The summed E-state index contributed by atoms with van der Waals surface area (Å²) < 4.78 is 10.3. The summed E-state index contributed by atoms with van der Waals surface area (Å²) in [7, 11) is 3.33. The minimum atomic E-state index is 0. The Morgan fingerprint density at radius 2 is 1.00 bits per heavy atom. The monoisotopic (exact) mass is 552 g/mol. The predicted molar refractivity (Wildman–Crippen MR) is 141 cm³/mol. The van der Waals surface area contributed by atoms with Crippen LogP contribution in [0.1, 0.15) is 102 Å². The van der Waals surface area contributed by atoms with Gasteiger partial charge in [-0.15, -0.1) is 0 Å². The lowest BCUT2D eigenvalue weighted by atomic mass is 10.1. The Hall–Kier alpha value is 0.220. The maximum atomic E-state index is 10.8. The third kappa shape index (κ3) is 39.3. The van der Waals surface area contributed by atoms with Gasteiger partial charge in [0.15, 0.2) is 0 Å². The molecule has 0 heterocycles. The van der Waals surface area contributed by atoms with Crippen molar-refractivity contribution in [1.82, 2.24) is 0 Å². The van der Waals surface area contributed by atoms with E-state index in [1.807, 2.05) is 0 Å². The van der Waals surface area contributed by atoms with Gasteiger partial charge in [0.1, 0.15) is 11.6 Å². The maximum absolute atomic E-state index is 10.8. The largest absolute Gasteiger partial charge is 0.381 e. The highest BCUT2D eigenvalue weighted by atomic mass is 79.9. The van der Waals surface area contributed by atoms with Gasteiger partial charge in [0, 0.05) is 37.7 Å². The predicted octanol–water partition coefficient (Wildman–Crippen LogP) is 8.27. The van der Waals surface area contributed by atoms with Crippen LogP contribution in [0.2, 0.25) is 0 Å². The number of ether oxygens (including phenoxy) is 2. The highest BCUT2D eigenvalue weighted by Gasteiger charge is 2.09. The van der Waals surface area contributed by atoms with Gasteiger partial charge >= 0.3 is 0 Å². The molecule has 29 heavy (non-hydrogen) atoms. The molecule has 0 N–H and O–H groups in total. The second-order valence-corrected chi connectivity index (χ2v) is 7.48. The Bertz CT molecular complexity index is 313. The van der Waals surface area contributed by atoms with E-state index >= 15 is 0 Å². The number of hydrogen-bond donors (Lipinski definition) is 0. The van der Waals surface area contributed by atoms with Crippen molar-refractivity contribution in [3.63, 3.8) is 0 Å². The highest BCUT2D eigenvalue weighted by molar-refractivity contribution is 9.09. The molecule has 0 aliphatic rings. The number of halogens is 2. The van der Waals surface area contributed by atoms with Crippen LogP contribution in [0.4, 0.5) is 0 Å². The van der Waals surface area contributed by atoms with E-state index in [0.717, 1.165) is 36.3 Å². The Labute approximate surface area is 201 Å². The molecule has 0 aromatic heterocycles. The van der Waals surface area contributed by atoms with Gasteiger partial charge in [-0.3, -0.25) is 9.59 Å². The molecule has 0 amide bonds. The summed E-state index contributed by atoms with van der Waals surface area (Å²) in [5.41, 5.74) is 0. The Morgan fingerprint density at radius 1 is 0.655 bits per heavy atom. The molecule has 0 aliphatic carbocycles. The molecular formula is C23H54Br2O4. The van der Waals surface area contributed by atoms with E-state index in [0.29, 0.717) is 12.8 Å². The van der Waals surface area contributed by atoms with Gasteiger partial charge in [0.25, 0.3) is 0 Å². The summed E-state index contributed by atoms with van der Waals surface area (Å²) in [5.74, 6) is 0.416. The molecule has 0 aromatic rings. The summed E-state index contributed by atoms with van der Waals surface area (Å²) in [5, 5.41) is 2.04. The van der Waals surface area contributed by atoms with Crippen molar-refractivity contribution in [2.75, 3.05) is 24.9 Å². The molecule has 0 bridgehead atoms. The Balaban J connectivity index is -0.0000000574. The molecule has 0 aliphatic heterocycles. The van der Waals surface area contributed by atoms with Crippen molar-refractivity contribution < 1.29 is 19.1 Å². The summed E-state index contributed by atoms with van der Waals surface area (Å²) in [6.45, 7) is 3.21. The molecule has 184 valence electrons. The fourth-order valence-electron chi connectivity index (χ4n) is 2.20. The van der Waals surface area contributed by atoms with Gasteiger partial charge < -0.3 is 9.47 Å². The van der Waals surface area contributed by atoms with Gasteiger partial charge in [-0.25, -0.2) is 0 Å². The molecular weight excluding hydrogens is 500 g/mol. The molecule has 0 spiro atoms. The number of rotatable bonds is 14. The van der Waals surface area contributed by atoms with Crippen molar-refractivity contribution in [2.45, 2.75) is 115 Å². The van der Waals surface area contributed by atoms with Crippen LogP contribution in [-0.2, 0) is 19.1 Å². The fourth-order valence-corrected chi connectivity index (χ4v) is 2.92. The van der Waals surface area contributed by atoms with Crippen LogP contribution in [0.5, 0.6) is 0 Å². The molecule has 0 aromatic carbocycles. The second kappa shape index (κ2) is 35.6. The van der Waals surface area contributed by atoms with Crippen molar-refractivity contribution in [3.05, 3.63) is 0 Å². The van der Waals surface area contributed by atoms with E-state index < -0.39 is 0 Å². The van der Waals surface area contributed by atoms with E-state index in [9.17, 15) is 9.59 Å². The van der Waals surface area contributed by atoms with Gasteiger partial charge in [0.2, 0.25) is 0 Å². The quantitative estimate of drug-likeness (QED) is 0.160. The zero-order valence-corrected chi connectivity index (χ0v) is 18.8. The van der Waals surface area contributed by atoms with Crippen LogP contribution in [-0.4, -0.2) is 48.7 Å². The number of unbranched alkanes of at least 4 members (excludes halogenated alkanes) is 2. The Kier molecular flexibility index (Phi) is 57.9. The summed E-state index contributed by atoms with van der Waals surface area (Å²) in [6.07, 6.45) is 7.94. The van der Waals surface area contributed by atoms with E-state index in [2.05, 4.69) is 31.9 Å². The first-order valence-corrected chi connectivity index (χ1v) is 10.8. The molecule has 2 unspecified atom stereocenters. The first-order valence-electron chi connectivity index (χ1n) is 8.57. The summed E-state index contributed by atoms with van der Waals surface area (Å²) in [4.78, 5) is 21.5. The first kappa shape index (κ1) is 47.1. The number of hydrogen-bond acceptors (Lipinski definition) is 4. The lowest BCUT2D eigenvalue weighted by Crippen LogP contribution is -2.14. The number of carbonyl (C=O) groups excluding carboxylic acids is 2. The normalized spacial score (nSPS) is 10.7. The third-order valence-corrected chi connectivity index (χ3v) is 4.64. The zero-order chi connectivity index (χ0) is 18.8. The molecule has 6 heteroatoms. The van der Waals surface area contributed by atoms with Crippen LogP contribution < -0.4 is 0 Å². The van der Waals surface area contributed by atoms with E-state index in [1.165, 1.54) is 12.8 Å². The highest BCUT2D eigenvalue weighted by Crippen LogP contribution is 2.10. The van der Waals surface area contributed by atoms with Crippen molar-refractivity contribution in [3.8, 4) is 0 Å². The van der Waals surface area contributed by atoms with Gasteiger partial charge in [-0.05, 0) is 39.5 Å². The minimum Gasteiger partial charge on any atom is -0.381 e. The summed E-state index contributed by atoms with van der Waals surface area (Å²) in [6, 6.07) is 0. The molecule has 0 saturated heterocycles. The average molecular weight is 554 g/mol. The topological polar surface area (TPSA) is 52.6 Å². The smallest absolute Gasteiger partial charge is 0.132 e. The molecule has 0 fully saturated rings. The van der Waals surface area contributed by atoms with E-state index in [1.54, 1.807) is 28.1 Å². The molecule has 4 nitrogen and oxygen atoms in total. The van der Waals surface area contributed by atoms with Gasteiger partial charge in [0.05, 0.1) is 12.2 Å². The number of methoxy groups -OCH3 is 2. The molecule has 0 rings (SSSR count). The van der Waals surface area contributed by atoms with Gasteiger partial charge in [-0.1, -0.05) is 81.8 Å². The van der Waals surface area contributed by atoms with Crippen LogP contribution >= 0.6 is 31.9 Å². The van der Waals surface area contributed by atoms with Crippen molar-refractivity contribution >= 4 is 43.4 Å². The fraction of sp³-hybridized carbons (Fsp3) is 0.913.